The molecule has 0 fully saturated rings. The Bertz CT molecular complexity index is 283. The summed E-state index contributed by atoms with van der Waals surface area (Å²) in [5.41, 5.74) is 6.33. The molecule has 6 heteroatoms. The van der Waals surface area contributed by atoms with Crippen LogP contribution in [0.5, 0.6) is 0 Å². The van der Waals surface area contributed by atoms with Gasteiger partial charge in [0.25, 0.3) is 0 Å². The van der Waals surface area contributed by atoms with Crippen molar-refractivity contribution in [1.82, 2.24) is 10.3 Å². The van der Waals surface area contributed by atoms with Crippen LogP contribution in [0.4, 0.5) is 0 Å². The Hall–Kier alpha value is -1.43. The van der Waals surface area contributed by atoms with E-state index in [4.69, 9.17) is 10.8 Å². The van der Waals surface area contributed by atoms with Crippen molar-refractivity contribution in [1.29, 1.82) is 0 Å². The van der Waals surface area contributed by atoms with Crippen molar-refractivity contribution >= 4 is 5.97 Å². The van der Waals surface area contributed by atoms with Crippen LogP contribution in [-0.4, -0.2) is 27.4 Å². The van der Waals surface area contributed by atoms with Crippen molar-refractivity contribution in [3.63, 3.8) is 0 Å². The summed E-state index contributed by atoms with van der Waals surface area (Å²) in [7, 11) is 0. The van der Waals surface area contributed by atoms with E-state index in [0.717, 1.165) is 0 Å². The first-order valence-corrected chi connectivity index (χ1v) is 3.37. The summed E-state index contributed by atoms with van der Waals surface area (Å²) in [6.07, 6.45) is 0.144. The Morgan fingerprint density at radius 3 is 2.83 bits per heavy atom. The van der Waals surface area contributed by atoms with Crippen LogP contribution in [0.1, 0.15) is 11.4 Å². The van der Waals surface area contributed by atoms with Gasteiger partial charge in [-0.1, -0.05) is 10.3 Å². The second kappa shape index (κ2) is 3.31. The molecule has 1 unspecified atom stereocenters. The molecule has 1 aromatic heterocycles. The lowest BCUT2D eigenvalue weighted by molar-refractivity contribution is -0.138. The van der Waals surface area contributed by atoms with Gasteiger partial charge in [0.15, 0.2) is 0 Å². The maximum absolute atomic E-state index is 10.3. The molecule has 6 nitrogen and oxygen atoms in total. The Morgan fingerprint density at radius 1 is 1.75 bits per heavy atom. The fraction of sp³-hybridized carbons (Fsp3) is 0.500. The van der Waals surface area contributed by atoms with E-state index in [0.29, 0.717) is 11.4 Å². The molecule has 0 aliphatic heterocycles. The summed E-state index contributed by atoms with van der Waals surface area (Å²) >= 11 is 0. The van der Waals surface area contributed by atoms with E-state index in [1.807, 2.05) is 0 Å². The van der Waals surface area contributed by atoms with Crippen molar-refractivity contribution in [2.75, 3.05) is 0 Å². The lowest BCUT2D eigenvalue weighted by atomic mass is 10.1. The average Bonchev–Trinajstić information content (AvgIpc) is 2.36. The zero-order valence-electron chi connectivity index (χ0n) is 6.52. The molecule has 0 radical (unpaired) electrons. The summed E-state index contributed by atoms with van der Waals surface area (Å²) in [5, 5.41) is 15.5. The van der Waals surface area contributed by atoms with Gasteiger partial charge in [0.2, 0.25) is 0 Å². The minimum absolute atomic E-state index is 0.144. The first-order chi connectivity index (χ1) is 5.61. The van der Waals surface area contributed by atoms with E-state index >= 15 is 0 Å². The molecule has 66 valence electrons. The highest BCUT2D eigenvalue weighted by atomic mass is 16.6. The maximum Gasteiger partial charge on any atom is 0.320 e. The Balaban J connectivity index is 2.64. The third-order valence-corrected chi connectivity index (χ3v) is 1.48. The largest absolute Gasteiger partial charge is 0.480 e. The number of aryl methyl sites for hydroxylation is 1. The van der Waals surface area contributed by atoms with Crippen molar-refractivity contribution in [3.05, 3.63) is 11.4 Å². The van der Waals surface area contributed by atoms with Gasteiger partial charge in [-0.2, -0.15) is 0 Å². The second-order valence-corrected chi connectivity index (χ2v) is 2.45. The molecule has 0 amide bonds. The summed E-state index contributed by atoms with van der Waals surface area (Å²) in [6, 6.07) is -0.949. The second-order valence-electron chi connectivity index (χ2n) is 2.45. The number of rotatable bonds is 3. The van der Waals surface area contributed by atoms with Gasteiger partial charge in [0.1, 0.15) is 17.4 Å². The number of hydrogen-bond donors (Lipinski definition) is 2. The van der Waals surface area contributed by atoms with Crippen LogP contribution in [0.15, 0.2) is 4.63 Å². The SMILES string of the molecule is Cc1nonc1CC(N)C(=O)O. The van der Waals surface area contributed by atoms with Crippen molar-refractivity contribution in [2.45, 2.75) is 19.4 Å². The molecule has 0 saturated heterocycles. The number of carboxylic acid groups (broad SMARTS) is 1. The molecule has 12 heavy (non-hydrogen) atoms. The Morgan fingerprint density at radius 2 is 2.42 bits per heavy atom. The van der Waals surface area contributed by atoms with Gasteiger partial charge in [-0.15, -0.1) is 0 Å². The topological polar surface area (TPSA) is 102 Å². The first kappa shape index (κ1) is 8.66. The van der Waals surface area contributed by atoms with Crippen LogP contribution in [0.25, 0.3) is 0 Å². The fourth-order valence-electron chi connectivity index (χ4n) is 0.730. The minimum atomic E-state index is -1.06. The van der Waals surface area contributed by atoms with Gasteiger partial charge in [-0.05, 0) is 6.92 Å². The van der Waals surface area contributed by atoms with E-state index in [1.54, 1.807) is 6.92 Å². The maximum atomic E-state index is 10.3. The number of aliphatic carboxylic acids is 1. The molecule has 1 aromatic rings. The lowest BCUT2D eigenvalue weighted by Gasteiger charge is -2.01. The van der Waals surface area contributed by atoms with Crippen LogP contribution in [0.2, 0.25) is 0 Å². The standard InChI is InChI=1S/C6H9N3O3/c1-3-5(9-12-8-3)2-4(7)6(10)11/h4H,2,7H2,1H3,(H,10,11). The molecule has 1 atom stereocenters. The molecule has 1 heterocycles. The normalized spacial score (nSPS) is 12.8. The minimum Gasteiger partial charge on any atom is -0.480 e. The van der Waals surface area contributed by atoms with E-state index in [9.17, 15) is 4.79 Å². The van der Waals surface area contributed by atoms with Crippen molar-refractivity contribution in [2.24, 2.45) is 5.73 Å². The average molecular weight is 171 g/mol. The highest BCUT2D eigenvalue weighted by molar-refractivity contribution is 5.73. The zero-order valence-corrected chi connectivity index (χ0v) is 6.52. The van der Waals surface area contributed by atoms with Gasteiger partial charge >= 0.3 is 5.97 Å². The molecule has 0 aliphatic rings. The molecule has 0 aromatic carbocycles. The van der Waals surface area contributed by atoms with Gasteiger partial charge in [-0.3, -0.25) is 4.79 Å². The third kappa shape index (κ3) is 1.79. The van der Waals surface area contributed by atoms with Crippen molar-refractivity contribution < 1.29 is 14.5 Å². The van der Waals surface area contributed by atoms with Gasteiger partial charge in [0, 0.05) is 6.42 Å². The van der Waals surface area contributed by atoms with Gasteiger partial charge in [-0.25, -0.2) is 4.63 Å². The predicted octanol–water partition coefficient (Wildman–Crippen LogP) is -0.668. The number of hydrogen-bond acceptors (Lipinski definition) is 5. The third-order valence-electron chi connectivity index (χ3n) is 1.48. The monoisotopic (exact) mass is 171 g/mol. The predicted molar refractivity (Wildman–Crippen MR) is 38.4 cm³/mol. The number of carboxylic acids is 1. The van der Waals surface area contributed by atoms with Crippen LogP contribution < -0.4 is 5.73 Å². The fourth-order valence-corrected chi connectivity index (χ4v) is 0.730. The lowest BCUT2D eigenvalue weighted by Crippen LogP contribution is -2.32. The van der Waals surface area contributed by atoms with E-state index in [1.165, 1.54) is 0 Å². The molecule has 1 rings (SSSR count). The van der Waals surface area contributed by atoms with E-state index in [-0.39, 0.29) is 6.42 Å². The smallest absolute Gasteiger partial charge is 0.320 e. The van der Waals surface area contributed by atoms with Gasteiger partial charge in [0.05, 0.1) is 0 Å². The van der Waals surface area contributed by atoms with E-state index < -0.39 is 12.0 Å². The summed E-state index contributed by atoms with van der Waals surface area (Å²) < 4.78 is 4.38. The molecule has 0 spiro atoms. The number of aromatic nitrogens is 2. The number of carbonyl (C=O) groups is 1. The molecule has 0 bridgehead atoms. The molecule has 0 saturated carbocycles. The Kier molecular flexibility index (Phi) is 2.39. The highest BCUT2D eigenvalue weighted by Crippen LogP contribution is 2.02. The molecule has 0 aliphatic carbocycles. The molecular weight excluding hydrogens is 162 g/mol. The highest BCUT2D eigenvalue weighted by Gasteiger charge is 2.16. The number of nitrogens with two attached hydrogens (primary N) is 1. The summed E-state index contributed by atoms with van der Waals surface area (Å²) in [6.45, 7) is 1.68. The van der Waals surface area contributed by atoms with Crippen LogP contribution in [0, 0.1) is 6.92 Å². The molecule has 3 N–H and O–H groups in total. The van der Waals surface area contributed by atoms with Crippen LogP contribution >= 0.6 is 0 Å². The van der Waals surface area contributed by atoms with Gasteiger partial charge < -0.3 is 10.8 Å². The Labute approximate surface area is 68.3 Å². The molecular formula is C6H9N3O3. The summed E-state index contributed by atoms with van der Waals surface area (Å²) in [4.78, 5) is 10.3. The first-order valence-electron chi connectivity index (χ1n) is 3.37. The van der Waals surface area contributed by atoms with E-state index in [2.05, 4.69) is 14.9 Å². The quantitative estimate of drug-likeness (QED) is 0.625. The van der Waals surface area contributed by atoms with Crippen LogP contribution in [0.3, 0.4) is 0 Å². The number of nitrogens with zero attached hydrogens (tertiary/aromatic N) is 2. The van der Waals surface area contributed by atoms with Crippen LogP contribution in [-0.2, 0) is 11.2 Å². The zero-order chi connectivity index (χ0) is 9.14. The van der Waals surface area contributed by atoms with Crippen molar-refractivity contribution in [3.8, 4) is 0 Å². The summed E-state index contributed by atoms with van der Waals surface area (Å²) in [5.74, 6) is -1.06.